The molecule has 1 aromatic rings. The fourth-order valence-corrected chi connectivity index (χ4v) is 2.63. The van der Waals surface area contributed by atoms with Crippen LogP contribution in [0.2, 0.25) is 0 Å². The minimum absolute atomic E-state index is 0.0608. The molecule has 19 heavy (non-hydrogen) atoms. The molecule has 3 nitrogen and oxygen atoms in total. The van der Waals surface area contributed by atoms with Gasteiger partial charge in [-0.3, -0.25) is 14.5 Å². The van der Waals surface area contributed by atoms with E-state index in [2.05, 4.69) is 5.92 Å². The molecule has 1 unspecified atom stereocenters. The van der Waals surface area contributed by atoms with Gasteiger partial charge < -0.3 is 0 Å². The third-order valence-corrected chi connectivity index (χ3v) is 3.87. The van der Waals surface area contributed by atoms with E-state index in [9.17, 15) is 9.59 Å². The van der Waals surface area contributed by atoms with Gasteiger partial charge in [-0.2, -0.15) is 0 Å². The van der Waals surface area contributed by atoms with Crippen LogP contribution in [0.15, 0.2) is 24.3 Å². The van der Waals surface area contributed by atoms with Crippen molar-refractivity contribution in [3.05, 3.63) is 35.4 Å². The second kappa shape index (κ2) is 4.89. The number of likely N-dealkylation sites (tertiary alicyclic amines) is 1. The van der Waals surface area contributed by atoms with Gasteiger partial charge in [0.05, 0.1) is 12.0 Å². The Labute approximate surface area is 113 Å². The summed E-state index contributed by atoms with van der Waals surface area (Å²) in [5.41, 5.74) is 1.30. The Morgan fingerprint density at radius 2 is 1.95 bits per heavy atom. The van der Waals surface area contributed by atoms with Crippen molar-refractivity contribution in [1.82, 2.24) is 4.90 Å². The Hall–Kier alpha value is -2.08. The number of hydrogen-bond acceptors (Lipinski definition) is 2. The van der Waals surface area contributed by atoms with Crippen molar-refractivity contribution in [2.45, 2.75) is 32.1 Å². The largest absolute Gasteiger partial charge is 0.274 e. The SMILES string of the molecule is C#CCN1C(=O)CC(CC)(c2ccc(C)cc2)C1=O. The fourth-order valence-electron chi connectivity index (χ4n) is 2.63. The lowest BCUT2D eigenvalue weighted by atomic mass is 9.76. The number of carbonyl (C=O) groups excluding carboxylic acids is 2. The average molecular weight is 255 g/mol. The number of hydrogen-bond donors (Lipinski definition) is 0. The number of terminal acetylenes is 1. The third-order valence-electron chi connectivity index (χ3n) is 3.87. The van der Waals surface area contributed by atoms with Gasteiger partial charge in [0.15, 0.2) is 0 Å². The highest BCUT2D eigenvalue weighted by molar-refractivity contribution is 6.09. The van der Waals surface area contributed by atoms with Gasteiger partial charge in [0, 0.05) is 6.42 Å². The first-order valence-corrected chi connectivity index (χ1v) is 6.40. The van der Waals surface area contributed by atoms with Gasteiger partial charge in [0.25, 0.3) is 0 Å². The lowest BCUT2D eigenvalue weighted by molar-refractivity contribution is -0.139. The molecular weight excluding hydrogens is 238 g/mol. The summed E-state index contributed by atoms with van der Waals surface area (Å²) in [5.74, 6) is 2.04. The highest BCUT2D eigenvalue weighted by atomic mass is 16.2. The normalized spacial score (nSPS) is 22.7. The van der Waals surface area contributed by atoms with Crippen LogP contribution >= 0.6 is 0 Å². The average Bonchev–Trinajstić information content (AvgIpc) is 2.65. The molecule has 0 bridgehead atoms. The molecule has 1 aromatic carbocycles. The van der Waals surface area contributed by atoms with Crippen LogP contribution in [0, 0.1) is 19.3 Å². The minimum Gasteiger partial charge on any atom is -0.274 e. The molecule has 0 N–H and O–H groups in total. The number of rotatable bonds is 3. The van der Waals surface area contributed by atoms with Crippen LogP contribution in [0.3, 0.4) is 0 Å². The van der Waals surface area contributed by atoms with Crippen LogP contribution in [0.4, 0.5) is 0 Å². The predicted octanol–water partition coefficient (Wildman–Crippen LogP) is 2.03. The van der Waals surface area contributed by atoms with E-state index in [0.29, 0.717) is 6.42 Å². The van der Waals surface area contributed by atoms with Crippen molar-refractivity contribution in [1.29, 1.82) is 0 Å². The van der Waals surface area contributed by atoms with Gasteiger partial charge >= 0.3 is 0 Å². The zero-order valence-electron chi connectivity index (χ0n) is 11.3. The number of aryl methyl sites for hydroxylation is 1. The molecule has 0 aliphatic carbocycles. The maximum absolute atomic E-state index is 12.6. The Kier molecular flexibility index (Phi) is 3.44. The second-order valence-corrected chi connectivity index (χ2v) is 4.97. The zero-order valence-corrected chi connectivity index (χ0v) is 11.3. The summed E-state index contributed by atoms with van der Waals surface area (Å²) in [7, 11) is 0. The van der Waals surface area contributed by atoms with Crippen LogP contribution in [0.1, 0.15) is 30.9 Å². The Balaban J connectivity index is 2.45. The van der Waals surface area contributed by atoms with E-state index in [0.717, 1.165) is 11.1 Å². The summed E-state index contributed by atoms with van der Waals surface area (Å²) in [6, 6.07) is 7.80. The molecule has 2 amide bonds. The zero-order chi connectivity index (χ0) is 14.0. The van der Waals surface area contributed by atoms with E-state index in [1.165, 1.54) is 4.90 Å². The monoisotopic (exact) mass is 255 g/mol. The molecule has 98 valence electrons. The summed E-state index contributed by atoms with van der Waals surface area (Å²) >= 11 is 0. The Bertz CT molecular complexity index is 553. The molecule has 1 aliphatic rings. The van der Waals surface area contributed by atoms with Crippen LogP contribution < -0.4 is 0 Å². The van der Waals surface area contributed by atoms with E-state index in [-0.39, 0.29) is 24.8 Å². The van der Waals surface area contributed by atoms with E-state index in [1.54, 1.807) is 0 Å². The first-order chi connectivity index (χ1) is 9.05. The highest BCUT2D eigenvalue weighted by Gasteiger charge is 2.51. The molecule has 1 atom stereocenters. The summed E-state index contributed by atoms with van der Waals surface area (Å²) in [6.45, 7) is 3.99. The number of benzene rings is 1. The second-order valence-electron chi connectivity index (χ2n) is 4.97. The van der Waals surface area contributed by atoms with Crippen molar-refractivity contribution in [2.75, 3.05) is 6.54 Å². The maximum atomic E-state index is 12.6. The highest BCUT2D eigenvalue weighted by Crippen LogP contribution is 2.39. The third kappa shape index (κ3) is 2.04. The summed E-state index contributed by atoms with van der Waals surface area (Å²) in [5, 5.41) is 0. The first kappa shape index (κ1) is 13.4. The summed E-state index contributed by atoms with van der Waals surface area (Å²) < 4.78 is 0. The van der Waals surface area contributed by atoms with E-state index >= 15 is 0 Å². The molecular formula is C16H17NO2. The van der Waals surface area contributed by atoms with Crippen molar-refractivity contribution in [3.8, 4) is 12.3 Å². The molecule has 3 heteroatoms. The van der Waals surface area contributed by atoms with Crippen molar-refractivity contribution in [2.24, 2.45) is 0 Å². The van der Waals surface area contributed by atoms with Crippen molar-refractivity contribution >= 4 is 11.8 Å². The molecule has 1 heterocycles. The van der Waals surface area contributed by atoms with Gasteiger partial charge in [-0.25, -0.2) is 0 Å². The molecule has 1 aliphatic heterocycles. The Morgan fingerprint density at radius 3 is 2.47 bits per heavy atom. The van der Waals surface area contributed by atoms with E-state index < -0.39 is 5.41 Å². The minimum atomic E-state index is -0.734. The van der Waals surface area contributed by atoms with E-state index in [1.807, 2.05) is 38.1 Å². The fraction of sp³-hybridized carbons (Fsp3) is 0.375. The molecule has 0 radical (unpaired) electrons. The summed E-state index contributed by atoms with van der Waals surface area (Å²) in [4.78, 5) is 25.8. The van der Waals surface area contributed by atoms with Gasteiger partial charge in [-0.15, -0.1) is 6.42 Å². The first-order valence-electron chi connectivity index (χ1n) is 6.40. The molecule has 2 rings (SSSR count). The molecule has 0 spiro atoms. The molecule has 0 saturated carbocycles. The molecule has 1 saturated heterocycles. The van der Waals surface area contributed by atoms with Crippen LogP contribution in [0.5, 0.6) is 0 Å². The van der Waals surface area contributed by atoms with E-state index in [4.69, 9.17) is 6.42 Å². The summed E-state index contributed by atoms with van der Waals surface area (Å²) in [6.07, 6.45) is 6.04. The van der Waals surface area contributed by atoms with Gasteiger partial charge in [0.1, 0.15) is 0 Å². The number of amides is 2. The Morgan fingerprint density at radius 1 is 1.32 bits per heavy atom. The standard InChI is InChI=1S/C16H17NO2/c1-4-10-17-14(18)11-16(5-2,15(17)19)13-8-6-12(3)7-9-13/h1,6-9H,5,10-11H2,2-3H3. The van der Waals surface area contributed by atoms with Crippen LogP contribution in [-0.2, 0) is 15.0 Å². The topological polar surface area (TPSA) is 37.4 Å². The number of imide groups is 1. The van der Waals surface area contributed by atoms with Gasteiger partial charge in [0.2, 0.25) is 11.8 Å². The van der Waals surface area contributed by atoms with Gasteiger partial charge in [-0.05, 0) is 18.9 Å². The van der Waals surface area contributed by atoms with Gasteiger partial charge in [-0.1, -0.05) is 42.7 Å². The maximum Gasteiger partial charge on any atom is 0.241 e. The van der Waals surface area contributed by atoms with Crippen LogP contribution in [0.25, 0.3) is 0 Å². The van der Waals surface area contributed by atoms with Crippen molar-refractivity contribution in [3.63, 3.8) is 0 Å². The number of nitrogens with zero attached hydrogens (tertiary/aromatic N) is 1. The predicted molar refractivity (Wildman–Crippen MR) is 73.3 cm³/mol. The van der Waals surface area contributed by atoms with Crippen LogP contribution in [-0.4, -0.2) is 23.3 Å². The molecule has 1 fully saturated rings. The quantitative estimate of drug-likeness (QED) is 0.612. The van der Waals surface area contributed by atoms with Crippen molar-refractivity contribution < 1.29 is 9.59 Å². The molecule has 0 aromatic heterocycles. The smallest absolute Gasteiger partial charge is 0.241 e. The lowest BCUT2D eigenvalue weighted by Crippen LogP contribution is -2.38. The number of carbonyl (C=O) groups is 2. The lowest BCUT2D eigenvalue weighted by Gasteiger charge is -2.25.